The molecule has 4 rings (SSSR count). The van der Waals surface area contributed by atoms with Crippen molar-refractivity contribution >= 4 is 34.1 Å². The molecule has 1 heterocycles. The second-order valence-corrected chi connectivity index (χ2v) is 7.20. The SMILES string of the molecule is COc1ccc(NC(=O)C2CCc3[nH]c4ccc(Cl)cc4c3C2)c(OC)c1. The van der Waals surface area contributed by atoms with Crippen molar-refractivity contribution in [3.05, 3.63) is 52.7 Å². The first-order valence-corrected chi connectivity index (χ1v) is 9.28. The third-order valence-electron chi connectivity index (χ3n) is 5.19. The summed E-state index contributed by atoms with van der Waals surface area (Å²) in [6.45, 7) is 0. The van der Waals surface area contributed by atoms with Gasteiger partial charge in [0.2, 0.25) is 5.91 Å². The number of methoxy groups -OCH3 is 2. The zero-order valence-corrected chi connectivity index (χ0v) is 16.0. The fraction of sp³-hybridized carbons (Fsp3) is 0.286. The highest BCUT2D eigenvalue weighted by Gasteiger charge is 2.28. The van der Waals surface area contributed by atoms with Crippen molar-refractivity contribution in [2.24, 2.45) is 5.92 Å². The normalized spacial score (nSPS) is 16.0. The summed E-state index contributed by atoms with van der Waals surface area (Å²) in [4.78, 5) is 16.3. The maximum absolute atomic E-state index is 12.9. The Morgan fingerprint density at radius 3 is 2.81 bits per heavy atom. The molecular formula is C21H21ClN2O3. The van der Waals surface area contributed by atoms with Gasteiger partial charge in [0.25, 0.3) is 0 Å². The summed E-state index contributed by atoms with van der Waals surface area (Å²) in [6.07, 6.45) is 2.34. The summed E-state index contributed by atoms with van der Waals surface area (Å²) in [7, 11) is 3.17. The smallest absolute Gasteiger partial charge is 0.227 e. The monoisotopic (exact) mass is 384 g/mol. The number of aromatic nitrogens is 1. The lowest BCUT2D eigenvalue weighted by molar-refractivity contribution is -0.120. The molecule has 0 saturated heterocycles. The van der Waals surface area contributed by atoms with Gasteiger partial charge in [0.15, 0.2) is 0 Å². The van der Waals surface area contributed by atoms with Crippen LogP contribution in [0, 0.1) is 5.92 Å². The Labute approximate surface area is 162 Å². The number of anilines is 1. The molecule has 6 heteroatoms. The van der Waals surface area contributed by atoms with Gasteiger partial charge < -0.3 is 19.8 Å². The van der Waals surface area contributed by atoms with E-state index in [1.807, 2.05) is 18.2 Å². The predicted octanol–water partition coefficient (Wildman–Crippen LogP) is 4.58. The molecule has 2 aromatic carbocycles. The molecule has 0 bridgehead atoms. The number of benzene rings is 2. The first kappa shape index (κ1) is 17.7. The maximum Gasteiger partial charge on any atom is 0.227 e. The molecule has 1 unspecified atom stereocenters. The van der Waals surface area contributed by atoms with Crippen LogP contribution in [0.15, 0.2) is 36.4 Å². The van der Waals surface area contributed by atoms with Crippen LogP contribution in [0.5, 0.6) is 11.5 Å². The molecule has 1 atom stereocenters. The number of fused-ring (bicyclic) bond motifs is 3. The van der Waals surface area contributed by atoms with Crippen molar-refractivity contribution in [2.45, 2.75) is 19.3 Å². The van der Waals surface area contributed by atoms with Crippen LogP contribution in [0.25, 0.3) is 10.9 Å². The van der Waals surface area contributed by atoms with Crippen molar-refractivity contribution in [2.75, 3.05) is 19.5 Å². The van der Waals surface area contributed by atoms with Gasteiger partial charge in [-0.15, -0.1) is 0 Å². The van der Waals surface area contributed by atoms with Crippen LogP contribution in [0.3, 0.4) is 0 Å². The lowest BCUT2D eigenvalue weighted by Gasteiger charge is -2.22. The lowest BCUT2D eigenvalue weighted by Crippen LogP contribution is -2.28. The van der Waals surface area contributed by atoms with E-state index >= 15 is 0 Å². The van der Waals surface area contributed by atoms with Gasteiger partial charge in [-0.1, -0.05) is 11.6 Å². The predicted molar refractivity (Wildman–Crippen MR) is 107 cm³/mol. The second-order valence-electron chi connectivity index (χ2n) is 6.77. The molecule has 0 radical (unpaired) electrons. The average Bonchev–Trinajstić information content (AvgIpc) is 3.05. The van der Waals surface area contributed by atoms with E-state index in [9.17, 15) is 4.79 Å². The number of ether oxygens (including phenoxy) is 2. The molecule has 1 aliphatic rings. The van der Waals surface area contributed by atoms with Crippen LogP contribution in [0.1, 0.15) is 17.7 Å². The topological polar surface area (TPSA) is 63.3 Å². The summed E-state index contributed by atoms with van der Waals surface area (Å²) in [5.41, 5.74) is 4.12. The van der Waals surface area contributed by atoms with E-state index in [1.54, 1.807) is 32.4 Å². The number of aryl methyl sites for hydroxylation is 1. The van der Waals surface area contributed by atoms with Gasteiger partial charge in [-0.3, -0.25) is 4.79 Å². The number of nitrogens with one attached hydrogen (secondary N) is 2. The fourth-order valence-corrected chi connectivity index (χ4v) is 3.92. The van der Waals surface area contributed by atoms with E-state index in [4.69, 9.17) is 21.1 Å². The molecule has 1 aromatic heterocycles. The molecule has 5 nitrogen and oxygen atoms in total. The first-order chi connectivity index (χ1) is 13.1. The number of aromatic amines is 1. The Kier molecular flexibility index (Phi) is 4.70. The molecule has 140 valence electrons. The van der Waals surface area contributed by atoms with E-state index < -0.39 is 0 Å². The van der Waals surface area contributed by atoms with E-state index in [0.717, 1.165) is 23.7 Å². The maximum atomic E-state index is 12.9. The van der Waals surface area contributed by atoms with Crippen molar-refractivity contribution in [3.63, 3.8) is 0 Å². The Bertz CT molecular complexity index is 1010. The quantitative estimate of drug-likeness (QED) is 0.691. The van der Waals surface area contributed by atoms with Crippen molar-refractivity contribution in [1.82, 2.24) is 4.98 Å². The molecular weight excluding hydrogens is 364 g/mol. The molecule has 0 aliphatic heterocycles. The Hall–Kier alpha value is -2.66. The van der Waals surface area contributed by atoms with Gasteiger partial charge >= 0.3 is 0 Å². The number of carbonyl (C=O) groups is 1. The average molecular weight is 385 g/mol. The van der Waals surface area contributed by atoms with E-state index in [1.165, 1.54) is 11.3 Å². The van der Waals surface area contributed by atoms with Gasteiger partial charge in [-0.25, -0.2) is 0 Å². The van der Waals surface area contributed by atoms with Crippen LogP contribution in [-0.4, -0.2) is 25.1 Å². The van der Waals surface area contributed by atoms with Crippen LogP contribution >= 0.6 is 11.6 Å². The molecule has 1 amide bonds. The molecule has 3 aromatic rings. The van der Waals surface area contributed by atoms with Gasteiger partial charge in [0.1, 0.15) is 11.5 Å². The van der Waals surface area contributed by atoms with Crippen molar-refractivity contribution in [1.29, 1.82) is 0 Å². The molecule has 0 saturated carbocycles. The Morgan fingerprint density at radius 2 is 2.04 bits per heavy atom. The van der Waals surface area contributed by atoms with E-state index in [2.05, 4.69) is 10.3 Å². The van der Waals surface area contributed by atoms with Crippen LogP contribution in [-0.2, 0) is 17.6 Å². The third kappa shape index (κ3) is 3.35. The van der Waals surface area contributed by atoms with Crippen LogP contribution in [0.2, 0.25) is 5.02 Å². The van der Waals surface area contributed by atoms with Crippen LogP contribution < -0.4 is 14.8 Å². The molecule has 2 N–H and O–H groups in total. The number of rotatable bonds is 4. The minimum absolute atomic E-state index is 0.000458. The highest BCUT2D eigenvalue weighted by molar-refractivity contribution is 6.31. The molecule has 0 spiro atoms. The minimum atomic E-state index is -0.0951. The Morgan fingerprint density at radius 1 is 1.19 bits per heavy atom. The number of amides is 1. The summed E-state index contributed by atoms with van der Waals surface area (Å²) in [5.74, 6) is 1.17. The minimum Gasteiger partial charge on any atom is -0.497 e. The van der Waals surface area contributed by atoms with Crippen molar-refractivity contribution in [3.8, 4) is 11.5 Å². The number of halogens is 1. The third-order valence-corrected chi connectivity index (χ3v) is 5.42. The summed E-state index contributed by atoms with van der Waals surface area (Å²) in [6, 6.07) is 11.2. The Balaban J connectivity index is 1.56. The van der Waals surface area contributed by atoms with Gasteiger partial charge in [-0.2, -0.15) is 0 Å². The van der Waals surface area contributed by atoms with Gasteiger partial charge in [0.05, 0.1) is 19.9 Å². The highest BCUT2D eigenvalue weighted by atomic mass is 35.5. The molecule has 27 heavy (non-hydrogen) atoms. The molecule has 0 fully saturated rings. The zero-order chi connectivity index (χ0) is 19.0. The summed E-state index contributed by atoms with van der Waals surface area (Å²) < 4.78 is 10.6. The van der Waals surface area contributed by atoms with Gasteiger partial charge in [0, 0.05) is 33.6 Å². The number of hydrogen-bond acceptors (Lipinski definition) is 3. The fourth-order valence-electron chi connectivity index (χ4n) is 3.75. The number of H-pyrrole nitrogens is 1. The van der Waals surface area contributed by atoms with E-state index in [-0.39, 0.29) is 11.8 Å². The summed E-state index contributed by atoms with van der Waals surface area (Å²) in [5, 5.41) is 4.82. The summed E-state index contributed by atoms with van der Waals surface area (Å²) >= 11 is 6.17. The van der Waals surface area contributed by atoms with Crippen molar-refractivity contribution < 1.29 is 14.3 Å². The van der Waals surface area contributed by atoms with Gasteiger partial charge in [-0.05, 0) is 55.2 Å². The number of carbonyl (C=O) groups excluding carboxylic acids is 1. The van der Waals surface area contributed by atoms with E-state index in [0.29, 0.717) is 28.6 Å². The standard InChI is InChI=1S/C21H21ClN2O3/c1-26-14-5-8-19(20(11-14)27-2)24-21(25)12-3-6-17-15(9-12)16-10-13(22)4-7-18(16)23-17/h4-5,7-8,10-12,23H,3,6,9H2,1-2H3,(H,24,25). The van der Waals surface area contributed by atoms with Crippen LogP contribution in [0.4, 0.5) is 5.69 Å². The second kappa shape index (κ2) is 7.16. The molecule has 1 aliphatic carbocycles. The first-order valence-electron chi connectivity index (χ1n) is 8.91. The highest BCUT2D eigenvalue weighted by Crippen LogP contribution is 2.35. The lowest BCUT2D eigenvalue weighted by atomic mass is 9.85. The zero-order valence-electron chi connectivity index (χ0n) is 15.3. The largest absolute Gasteiger partial charge is 0.497 e. The number of hydrogen-bond donors (Lipinski definition) is 2.